The molecule has 0 radical (unpaired) electrons. The fourth-order valence-electron chi connectivity index (χ4n) is 2.19. The van der Waals surface area contributed by atoms with Gasteiger partial charge in [-0.25, -0.2) is 0 Å². The van der Waals surface area contributed by atoms with Gasteiger partial charge < -0.3 is 4.74 Å². The van der Waals surface area contributed by atoms with E-state index in [1.165, 1.54) is 12.0 Å². The molecule has 17 heavy (non-hydrogen) atoms. The van der Waals surface area contributed by atoms with Crippen LogP contribution in [0.3, 0.4) is 0 Å². The van der Waals surface area contributed by atoms with Gasteiger partial charge in [0.1, 0.15) is 5.75 Å². The molecule has 1 atom stereocenters. The molecule has 0 aromatic heterocycles. The highest BCUT2D eigenvalue weighted by atomic mass is 16.5. The summed E-state index contributed by atoms with van der Waals surface area (Å²) in [6, 6.07) is 8.37. The van der Waals surface area contributed by atoms with Crippen molar-refractivity contribution < 1.29 is 4.74 Å². The highest BCUT2D eigenvalue weighted by Crippen LogP contribution is 2.26. The van der Waals surface area contributed by atoms with E-state index < -0.39 is 0 Å². The molecule has 1 aromatic rings. The maximum absolute atomic E-state index is 5.96. The summed E-state index contributed by atoms with van der Waals surface area (Å²) in [4.78, 5) is 0. The summed E-state index contributed by atoms with van der Waals surface area (Å²) in [6.45, 7) is 12.0. The average Bonchev–Trinajstić information content (AvgIpc) is 2.25. The van der Waals surface area contributed by atoms with E-state index in [9.17, 15) is 0 Å². The van der Waals surface area contributed by atoms with Crippen LogP contribution in [0.15, 0.2) is 24.3 Å². The molecule has 0 bridgehead atoms. The van der Waals surface area contributed by atoms with Crippen molar-refractivity contribution in [3.63, 3.8) is 0 Å². The zero-order valence-corrected chi connectivity index (χ0v) is 11.9. The van der Waals surface area contributed by atoms with Gasteiger partial charge in [0, 0.05) is 0 Å². The molecule has 1 rings (SSSR count). The van der Waals surface area contributed by atoms with Crippen molar-refractivity contribution in [3.05, 3.63) is 29.8 Å². The Bertz CT molecular complexity index is 328. The second kappa shape index (κ2) is 6.68. The highest BCUT2D eigenvalue weighted by molar-refractivity contribution is 5.35. The van der Waals surface area contributed by atoms with Crippen LogP contribution in [-0.4, -0.2) is 6.61 Å². The predicted molar refractivity (Wildman–Crippen MR) is 74.6 cm³/mol. The zero-order valence-electron chi connectivity index (χ0n) is 11.9. The molecule has 0 spiro atoms. The Labute approximate surface area is 106 Å². The minimum absolute atomic E-state index is 0.520. The first-order valence-corrected chi connectivity index (χ1v) is 6.72. The lowest BCUT2D eigenvalue weighted by molar-refractivity contribution is 0.236. The molecule has 0 aliphatic carbocycles. The number of hydrogen-bond donors (Lipinski definition) is 0. The Morgan fingerprint density at radius 1 is 1.00 bits per heavy atom. The lowest BCUT2D eigenvalue weighted by Crippen LogP contribution is -2.12. The van der Waals surface area contributed by atoms with Gasteiger partial charge in [0.15, 0.2) is 0 Å². The van der Waals surface area contributed by atoms with E-state index in [0.717, 1.165) is 18.3 Å². The summed E-state index contributed by atoms with van der Waals surface area (Å²) >= 11 is 0. The van der Waals surface area contributed by atoms with Gasteiger partial charge in [-0.05, 0) is 35.8 Å². The molecule has 0 fully saturated rings. The zero-order chi connectivity index (χ0) is 12.8. The summed E-state index contributed by atoms with van der Waals surface area (Å²) in [6.07, 6.45) is 1.23. The van der Waals surface area contributed by atoms with Crippen LogP contribution < -0.4 is 4.74 Å². The molecule has 96 valence electrons. The molecule has 1 nitrogen and oxygen atoms in total. The van der Waals surface area contributed by atoms with Gasteiger partial charge in [-0.3, -0.25) is 0 Å². The molecule has 0 aliphatic heterocycles. The smallest absolute Gasteiger partial charge is 0.122 e. The van der Waals surface area contributed by atoms with E-state index in [0.29, 0.717) is 11.8 Å². The lowest BCUT2D eigenvalue weighted by Gasteiger charge is -2.18. The highest BCUT2D eigenvalue weighted by Gasteiger charge is 2.09. The number of ether oxygens (including phenoxy) is 1. The van der Waals surface area contributed by atoms with Crippen molar-refractivity contribution in [2.24, 2.45) is 11.8 Å². The minimum atomic E-state index is 0.520. The Hall–Kier alpha value is -0.980. The van der Waals surface area contributed by atoms with Gasteiger partial charge >= 0.3 is 0 Å². The van der Waals surface area contributed by atoms with Crippen molar-refractivity contribution in [2.45, 2.75) is 47.0 Å². The molecule has 1 unspecified atom stereocenters. The van der Waals surface area contributed by atoms with Gasteiger partial charge in [-0.2, -0.15) is 0 Å². The first-order chi connectivity index (χ1) is 8.00. The Morgan fingerprint density at radius 3 is 2.24 bits per heavy atom. The van der Waals surface area contributed by atoms with Crippen LogP contribution in [0.2, 0.25) is 0 Å². The number of rotatable bonds is 6. The average molecular weight is 234 g/mol. The number of para-hydroxylation sites is 1. The van der Waals surface area contributed by atoms with Gasteiger partial charge in [-0.1, -0.05) is 52.8 Å². The van der Waals surface area contributed by atoms with E-state index in [-0.39, 0.29) is 0 Å². The van der Waals surface area contributed by atoms with Gasteiger partial charge in [-0.15, -0.1) is 0 Å². The van der Waals surface area contributed by atoms with Crippen molar-refractivity contribution >= 4 is 0 Å². The molecule has 0 saturated heterocycles. The molecule has 0 amide bonds. The molecule has 1 aromatic carbocycles. The number of benzene rings is 1. The first kappa shape index (κ1) is 14.1. The summed E-state index contributed by atoms with van der Waals surface area (Å²) in [7, 11) is 0. The fourth-order valence-corrected chi connectivity index (χ4v) is 2.19. The molecule has 0 heterocycles. The second-order valence-electron chi connectivity index (χ2n) is 5.74. The summed E-state index contributed by atoms with van der Waals surface area (Å²) < 4.78 is 5.96. The maximum atomic E-state index is 5.96. The van der Waals surface area contributed by atoms with Gasteiger partial charge in [0.2, 0.25) is 0 Å². The normalized spacial score (nSPS) is 13.1. The van der Waals surface area contributed by atoms with E-state index in [1.54, 1.807) is 0 Å². The van der Waals surface area contributed by atoms with Crippen LogP contribution in [-0.2, 0) is 0 Å². The standard InChI is InChI=1S/C16H26O/c1-12(2)10-14(5)11-17-16-9-7-6-8-15(16)13(3)4/h6-9,12-14H,10-11H2,1-5H3. The SMILES string of the molecule is CC(C)CC(C)COc1ccccc1C(C)C. The largest absolute Gasteiger partial charge is 0.493 e. The molecular formula is C16H26O. The van der Waals surface area contributed by atoms with Gasteiger partial charge in [0.05, 0.1) is 6.61 Å². The lowest BCUT2D eigenvalue weighted by atomic mass is 9.99. The van der Waals surface area contributed by atoms with Crippen LogP contribution in [0.4, 0.5) is 0 Å². The third-order valence-corrected chi connectivity index (χ3v) is 2.94. The molecule has 0 saturated carbocycles. The number of hydrogen-bond acceptors (Lipinski definition) is 1. The molecule has 0 aliphatic rings. The van der Waals surface area contributed by atoms with Crippen LogP contribution in [0.5, 0.6) is 5.75 Å². The Morgan fingerprint density at radius 2 is 1.65 bits per heavy atom. The van der Waals surface area contributed by atoms with Crippen molar-refractivity contribution in [1.82, 2.24) is 0 Å². The molecule has 0 N–H and O–H groups in total. The molecule has 1 heteroatoms. The predicted octanol–water partition coefficient (Wildman–Crippen LogP) is 4.87. The fraction of sp³-hybridized carbons (Fsp3) is 0.625. The Kier molecular flexibility index (Phi) is 5.54. The van der Waals surface area contributed by atoms with Crippen LogP contribution in [0, 0.1) is 11.8 Å². The van der Waals surface area contributed by atoms with Crippen molar-refractivity contribution in [1.29, 1.82) is 0 Å². The monoisotopic (exact) mass is 234 g/mol. The van der Waals surface area contributed by atoms with E-state index in [4.69, 9.17) is 4.74 Å². The Balaban J connectivity index is 2.57. The van der Waals surface area contributed by atoms with Crippen LogP contribution in [0.1, 0.15) is 52.5 Å². The quantitative estimate of drug-likeness (QED) is 0.682. The van der Waals surface area contributed by atoms with Crippen LogP contribution >= 0.6 is 0 Å². The minimum Gasteiger partial charge on any atom is -0.493 e. The third kappa shape index (κ3) is 4.80. The third-order valence-electron chi connectivity index (χ3n) is 2.94. The van der Waals surface area contributed by atoms with E-state index >= 15 is 0 Å². The summed E-state index contributed by atoms with van der Waals surface area (Å²) in [5.74, 6) is 2.94. The second-order valence-corrected chi connectivity index (χ2v) is 5.74. The van der Waals surface area contributed by atoms with Crippen molar-refractivity contribution in [2.75, 3.05) is 6.61 Å². The molecular weight excluding hydrogens is 208 g/mol. The van der Waals surface area contributed by atoms with Crippen LogP contribution in [0.25, 0.3) is 0 Å². The maximum Gasteiger partial charge on any atom is 0.122 e. The van der Waals surface area contributed by atoms with Crippen molar-refractivity contribution in [3.8, 4) is 5.75 Å². The first-order valence-electron chi connectivity index (χ1n) is 6.72. The topological polar surface area (TPSA) is 9.23 Å². The van der Waals surface area contributed by atoms with E-state index in [1.807, 2.05) is 6.07 Å². The van der Waals surface area contributed by atoms with E-state index in [2.05, 4.69) is 52.8 Å². The summed E-state index contributed by atoms with van der Waals surface area (Å²) in [5.41, 5.74) is 1.31. The summed E-state index contributed by atoms with van der Waals surface area (Å²) in [5, 5.41) is 0. The van der Waals surface area contributed by atoms with Gasteiger partial charge in [0.25, 0.3) is 0 Å².